The Labute approximate surface area is 216 Å². The van der Waals surface area contributed by atoms with Crippen molar-refractivity contribution in [1.29, 1.82) is 0 Å². The van der Waals surface area contributed by atoms with Crippen molar-refractivity contribution < 1.29 is 19.4 Å². The number of aromatic amines is 1. The third-order valence-corrected chi connectivity index (χ3v) is 7.35. The molecule has 2 aliphatic carbocycles. The van der Waals surface area contributed by atoms with E-state index in [0.29, 0.717) is 23.6 Å². The second-order valence-corrected chi connectivity index (χ2v) is 10.5. The molecule has 2 saturated carbocycles. The van der Waals surface area contributed by atoms with Gasteiger partial charge in [0.2, 0.25) is 5.91 Å². The number of aliphatic hydroxyl groups excluding tert-OH is 1. The molecule has 9 nitrogen and oxygen atoms in total. The molecule has 2 amide bonds. The Kier molecular flexibility index (Phi) is 7.15. The van der Waals surface area contributed by atoms with Crippen molar-refractivity contribution in [3.63, 3.8) is 0 Å². The van der Waals surface area contributed by atoms with E-state index in [0.717, 1.165) is 59.5 Å². The van der Waals surface area contributed by atoms with E-state index < -0.39 is 6.10 Å². The van der Waals surface area contributed by atoms with Gasteiger partial charge >= 0.3 is 0 Å². The van der Waals surface area contributed by atoms with Gasteiger partial charge in [-0.3, -0.25) is 9.59 Å². The zero-order chi connectivity index (χ0) is 26.1. The average Bonchev–Trinajstić information content (AvgIpc) is 3.63. The van der Waals surface area contributed by atoms with E-state index in [2.05, 4.69) is 31.7 Å². The molecule has 2 fully saturated rings. The van der Waals surface area contributed by atoms with Crippen molar-refractivity contribution in [2.24, 2.45) is 5.92 Å². The van der Waals surface area contributed by atoms with Gasteiger partial charge in [0.15, 0.2) is 0 Å². The number of hydrogen-bond donors (Lipinski definition) is 4. The Balaban J connectivity index is 1.35. The van der Waals surface area contributed by atoms with Crippen molar-refractivity contribution in [3.05, 3.63) is 41.3 Å². The van der Waals surface area contributed by atoms with Crippen LogP contribution in [-0.2, 0) is 4.79 Å². The molecular formula is C28H35N5O4. The molecule has 0 unspecified atom stereocenters. The van der Waals surface area contributed by atoms with E-state index in [1.54, 1.807) is 0 Å². The number of nitrogens with zero attached hydrogens (tertiary/aromatic N) is 2. The van der Waals surface area contributed by atoms with E-state index in [9.17, 15) is 14.7 Å². The minimum Gasteiger partial charge on any atom is -0.493 e. The number of H-pyrrole nitrogens is 1. The lowest BCUT2D eigenvalue weighted by atomic mass is 9.90. The maximum atomic E-state index is 13.4. The van der Waals surface area contributed by atoms with E-state index in [4.69, 9.17) is 4.74 Å². The number of carbonyl (C=O) groups is 2. The molecule has 1 atom stereocenters. The van der Waals surface area contributed by atoms with E-state index in [-0.39, 0.29) is 23.9 Å². The molecular weight excluding hydrogens is 470 g/mol. The first-order valence-corrected chi connectivity index (χ1v) is 13.2. The quantitative estimate of drug-likeness (QED) is 0.370. The lowest BCUT2D eigenvalue weighted by molar-refractivity contribution is -0.129. The lowest BCUT2D eigenvalue weighted by Gasteiger charge is -2.30. The van der Waals surface area contributed by atoms with Gasteiger partial charge in [0.1, 0.15) is 29.4 Å². The van der Waals surface area contributed by atoms with Crippen LogP contribution in [0.15, 0.2) is 24.5 Å². The molecule has 5 rings (SSSR count). The Morgan fingerprint density at radius 1 is 1.08 bits per heavy atom. The van der Waals surface area contributed by atoms with Crippen LogP contribution in [0, 0.1) is 19.8 Å². The smallest absolute Gasteiger partial charge is 0.255 e. The summed E-state index contributed by atoms with van der Waals surface area (Å²) < 4.78 is 6.16. The van der Waals surface area contributed by atoms with Crippen LogP contribution in [0.4, 0.5) is 0 Å². The minimum atomic E-state index is -1.02. The molecule has 2 heterocycles. The first-order valence-electron chi connectivity index (χ1n) is 13.2. The van der Waals surface area contributed by atoms with Crippen molar-refractivity contribution >= 4 is 22.8 Å². The first-order chi connectivity index (χ1) is 17.8. The number of hydrogen-bond acceptors (Lipinski definition) is 6. The van der Waals surface area contributed by atoms with Crippen LogP contribution in [0.5, 0.6) is 5.75 Å². The van der Waals surface area contributed by atoms with Crippen molar-refractivity contribution in [2.75, 3.05) is 6.61 Å². The molecule has 37 heavy (non-hydrogen) atoms. The van der Waals surface area contributed by atoms with Crippen LogP contribution >= 0.6 is 0 Å². The topological polar surface area (TPSA) is 129 Å². The van der Waals surface area contributed by atoms with Crippen LogP contribution in [-0.4, -0.2) is 56.7 Å². The highest BCUT2D eigenvalue weighted by Crippen LogP contribution is 2.37. The Hall–Kier alpha value is -3.46. The number of nitrogens with one attached hydrogen (secondary N) is 3. The van der Waals surface area contributed by atoms with Crippen molar-refractivity contribution in [1.82, 2.24) is 25.6 Å². The van der Waals surface area contributed by atoms with E-state index in [1.807, 2.05) is 26.0 Å². The molecule has 0 radical (unpaired) electrons. The molecule has 0 aliphatic heterocycles. The number of fused-ring (bicyclic) bond motifs is 1. The first kappa shape index (κ1) is 25.2. The summed E-state index contributed by atoms with van der Waals surface area (Å²) in [6.45, 7) is 6.08. The van der Waals surface area contributed by atoms with Gasteiger partial charge in [-0.05, 0) is 77.3 Å². The van der Waals surface area contributed by atoms with Gasteiger partial charge in [0.25, 0.3) is 5.91 Å². The molecule has 0 bridgehead atoms. The molecule has 0 saturated heterocycles. The van der Waals surface area contributed by atoms with Crippen LogP contribution in [0.2, 0.25) is 0 Å². The fraction of sp³-hybridized carbons (Fsp3) is 0.500. The Morgan fingerprint density at radius 3 is 2.46 bits per heavy atom. The van der Waals surface area contributed by atoms with Gasteiger partial charge in [-0.1, -0.05) is 11.6 Å². The highest BCUT2D eigenvalue weighted by atomic mass is 16.5. The molecule has 1 aromatic carbocycles. The van der Waals surface area contributed by atoms with Gasteiger partial charge in [-0.2, -0.15) is 0 Å². The zero-order valence-electron chi connectivity index (χ0n) is 21.6. The van der Waals surface area contributed by atoms with E-state index >= 15 is 0 Å². The summed E-state index contributed by atoms with van der Waals surface area (Å²) in [7, 11) is 0. The van der Waals surface area contributed by atoms with Gasteiger partial charge in [0, 0.05) is 23.3 Å². The third kappa shape index (κ3) is 5.61. The summed E-state index contributed by atoms with van der Waals surface area (Å²) in [5, 5.41) is 15.5. The van der Waals surface area contributed by atoms with Crippen LogP contribution in [0.25, 0.3) is 22.3 Å². The Morgan fingerprint density at radius 2 is 1.78 bits per heavy atom. The monoisotopic (exact) mass is 505 g/mol. The molecule has 9 heteroatoms. The summed E-state index contributed by atoms with van der Waals surface area (Å²) in [5.41, 5.74) is 5.28. The predicted octanol–water partition coefficient (Wildman–Crippen LogP) is 3.57. The maximum absolute atomic E-state index is 13.4. The standard InChI is InChI=1S/C28H35N5O4/c1-15-4-11-22(37-13-18-5-6-18)21(12-15)24-26-25(30-14-29-24)23(16(2)31-26)28(36)33-20-9-7-19(8-10-20)32-27(35)17(3)34/h4,11-12,14,17-20,31,34H,5-10,13H2,1-3H3,(H,32,35)(H,33,36)/t17-,19-,20-/m0/s1. The van der Waals surface area contributed by atoms with Gasteiger partial charge in [-0.25, -0.2) is 9.97 Å². The summed E-state index contributed by atoms with van der Waals surface area (Å²) in [4.78, 5) is 37.6. The molecule has 2 aromatic heterocycles. The highest BCUT2D eigenvalue weighted by Gasteiger charge is 2.28. The molecule has 3 aromatic rings. The number of rotatable bonds is 8. The SMILES string of the molecule is Cc1ccc(OCC2CC2)c(-c2ncnc3c(C(=O)N[C@H]4CC[C@H](NC(=O)[C@H](C)O)CC4)c(C)[nH]c23)c1. The third-order valence-electron chi connectivity index (χ3n) is 7.35. The summed E-state index contributed by atoms with van der Waals surface area (Å²) in [6.07, 6.45) is 5.92. The zero-order valence-corrected chi connectivity index (χ0v) is 21.6. The number of aromatic nitrogens is 3. The van der Waals surface area contributed by atoms with Crippen LogP contribution < -0.4 is 15.4 Å². The van der Waals surface area contributed by atoms with Gasteiger partial charge in [-0.15, -0.1) is 0 Å². The highest BCUT2D eigenvalue weighted by molar-refractivity contribution is 6.09. The number of ether oxygens (including phenoxy) is 1. The van der Waals surface area contributed by atoms with Crippen molar-refractivity contribution in [2.45, 2.75) is 77.5 Å². The average molecular weight is 506 g/mol. The summed E-state index contributed by atoms with van der Waals surface area (Å²) >= 11 is 0. The largest absolute Gasteiger partial charge is 0.493 e. The molecule has 0 spiro atoms. The number of aliphatic hydroxyl groups is 1. The lowest BCUT2D eigenvalue weighted by Crippen LogP contribution is -2.46. The summed E-state index contributed by atoms with van der Waals surface area (Å²) in [5.74, 6) is 0.897. The predicted molar refractivity (Wildman–Crippen MR) is 140 cm³/mol. The van der Waals surface area contributed by atoms with Crippen LogP contribution in [0.1, 0.15) is 67.1 Å². The maximum Gasteiger partial charge on any atom is 0.255 e. The van der Waals surface area contributed by atoms with Gasteiger partial charge < -0.3 is 25.5 Å². The van der Waals surface area contributed by atoms with Crippen molar-refractivity contribution in [3.8, 4) is 17.0 Å². The molecule has 196 valence electrons. The molecule has 2 aliphatic rings. The second kappa shape index (κ2) is 10.5. The second-order valence-electron chi connectivity index (χ2n) is 10.5. The van der Waals surface area contributed by atoms with Crippen LogP contribution in [0.3, 0.4) is 0 Å². The number of benzene rings is 1. The summed E-state index contributed by atoms with van der Waals surface area (Å²) in [6, 6.07) is 6.12. The normalized spacial score (nSPS) is 20.4. The number of aryl methyl sites for hydroxylation is 2. The fourth-order valence-electron chi connectivity index (χ4n) is 5.01. The molecule has 4 N–H and O–H groups in total. The number of amides is 2. The van der Waals surface area contributed by atoms with E-state index in [1.165, 1.54) is 26.1 Å². The Bertz CT molecular complexity index is 1310. The minimum absolute atomic E-state index is 0.0112. The van der Waals surface area contributed by atoms with Gasteiger partial charge in [0.05, 0.1) is 17.7 Å². The number of carbonyl (C=O) groups excluding carboxylic acids is 2. The fourth-order valence-corrected chi connectivity index (χ4v) is 5.01.